The second kappa shape index (κ2) is 5.18. The summed E-state index contributed by atoms with van der Waals surface area (Å²) in [6.45, 7) is 1.90. The maximum absolute atomic E-state index is 13.2. The van der Waals surface area contributed by atoms with Crippen molar-refractivity contribution in [2.45, 2.75) is 13.3 Å². The molecule has 0 fully saturated rings. The fraction of sp³-hybridized carbons (Fsp3) is 0.167. The Labute approximate surface area is 109 Å². The lowest BCUT2D eigenvalue weighted by molar-refractivity contribution is 0.455. The number of nitrogens with two attached hydrogens (primary N) is 1. The van der Waals surface area contributed by atoms with E-state index in [1.54, 1.807) is 6.07 Å². The van der Waals surface area contributed by atoms with Crippen LogP contribution in [-0.4, -0.2) is 9.97 Å². The first-order chi connectivity index (χ1) is 8.58. The van der Waals surface area contributed by atoms with Gasteiger partial charge in [-0.3, -0.25) is 0 Å². The monoisotopic (exact) mass is 267 g/mol. The van der Waals surface area contributed by atoms with Crippen molar-refractivity contribution in [3.8, 4) is 11.6 Å². The first kappa shape index (κ1) is 12.6. The van der Waals surface area contributed by atoms with E-state index in [1.165, 1.54) is 18.2 Å². The molecule has 4 nitrogen and oxygen atoms in total. The molecule has 1 aromatic heterocycles. The van der Waals surface area contributed by atoms with Gasteiger partial charge in [0.25, 0.3) is 0 Å². The predicted octanol–water partition coefficient (Wildman–Crippen LogP) is 3.21. The minimum absolute atomic E-state index is 0.0406. The molecule has 1 aromatic carbocycles. The van der Waals surface area contributed by atoms with Gasteiger partial charge in [0.15, 0.2) is 0 Å². The van der Waals surface area contributed by atoms with Gasteiger partial charge in [0.05, 0.1) is 5.02 Å². The summed E-state index contributed by atoms with van der Waals surface area (Å²) in [4.78, 5) is 8.15. The Morgan fingerprint density at radius 2 is 2.11 bits per heavy atom. The molecule has 2 aromatic rings. The number of anilines is 1. The first-order valence-corrected chi connectivity index (χ1v) is 5.72. The lowest BCUT2D eigenvalue weighted by atomic mass is 10.3. The molecule has 6 heteroatoms. The number of rotatable bonds is 3. The first-order valence-electron chi connectivity index (χ1n) is 5.35. The average molecular weight is 268 g/mol. The summed E-state index contributed by atoms with van der Waals surface area (Å²) in [5.74, 6) is 0.913. The molecule has 0 bridgehead atoms. The Morgan fingerprint density at radius 1 is 1.33 bits per heavy atom. The van der Waals surface area contributed by atoms with Crippen LogP contribution in [0.4, 0.5) is 10.2 Å². The minimum Gasteiger partial charge on any atom is -0.439 e. The predicted molar refractivity (Wildman–Crippen MR) is 67.3 cm³/mol. The Balaban J connectivity index is 2.27. The zero-order chi connectivity index (χ0) is 13.1. The van der Waals surface area contributed by atoms with E-state index in [0.717, 1.165) is 0 Å². The van der Waals surface area contributed by atoms with Crippen LogP contribution in [0.25, 0.3) is 0 Å². The van der Waals surface area contributed by atoms with Gasteiger partial charge in [-0.2, -0.15) is 4.98 Å². The molecule has 1 heterocycles. The van der Waals surface area contributed by atoms with Crippen LogP contribution in [0.2, 0.25) is 5.02 Å². The number of aryl methyl sites for hydroxylation is 1. The minimum atomic E-state index is -0.549. The van der Waals surface area contributed by atoms with E-state index in [0.29, 0.717) is 23.8 Å². The standard InChI is InChI=1S/C12H11ClFN3O/c1-2-11-16-10(15)6-12(17-11)18-7-3-4-8(13)9(14)5-7/h3-6H,2H2,1H3,(H2,15,16,17). The largest absolute Gasteiger partial charge is 0.439 e. The van der Waals surface area contributed by atoms with Crippen molar-refractivity contribution in [3.05, 3.63) is 40.9 Å². The highest BCUT2D eigenvalue weighted by Crippen LogP contribution is 2.25. The summed E-state index contributed by atoms with van der Waals surface area (Å²) in [5, 5.41) is 0.0406. The number of halogens is 2. The van der Waals surface area contributed by atoms with E-state index in [2.05, 4.69) is 9.97 Å². The normalized spacial score (nSPS) is 10.4. The molecule has 0 unspecified atom stereocenters. The molecular weight excluding hydrogens is 257 g/mol. The van der Waals surface area contributed by atoms with E-state index in [4.69, 9.17) is 22.1 Å². The van der Waals surface area contributed by atoms with E-state index in [9.17, 15) is 4.39 Å². The lowest BCUT2D eigenvalue weighted by Crippen LogP contribution is -2.00. The molecule has 18 heavy (non-hydrogen) atoms. The highest BCUT2D eigenvalue weighted by Gasteiger charge is 2.06. The molecule has 2 N–H and O–H groups in total. The van der Waals surface area contributed by atoms with Crippen LogP contribution in [0, 0.1) is 5.82 Å². The van der Waals surface area contributed by atoms with Gasteiger partial charge in [-0.25, -0.2) is 9.37 Å². The highest BCUT2D eigenvalue weighted by molar-refractivity contribution is 6.30. The van der Waals surface area contributed by atoms with Crippen molar-refractivity contribution in [1.29, 1.82) is 0 Å². The Hall–Kier alpha value is -1.88. The van der Waals surface area contributed by atoms with Crippen molar-refractivity contribution in [2.24, 2.45) is 0 Å². The number of ether oxygens (including phenoxy) is 1. The molecule has 0 saturated carbocycles. The molecule has 0 aliphatic carbocycles. The van der Waals surface area contributed by atoms with Crippen LogP contribution >= 0.6 is 11.6 Å². The van der Waals surface area contributed by atoms with Gasteiger partial charge in [-0.1, -0.05) is 18.5 Å². The van der Waals surface area contributed by atoms with Crippen molar-refractivity contribution in [1.82, 2.24) is 9.97 Å². The molecule has 0 saturated heterocycles. The molecule has 0 radical (unpaired) electrons. The summed E-state index contributed by atoms with van der Waals surface area (Å²) in [5.41, 5.74) is 5.62. The third-order valence-corrected chi connectivity index (χ3v) is 2.51. The van der Waals surface area contributed by atoms with Gasteiger partial charge in [0.1, 0.15) is 23.2 Å². The molecule has 2 rings (SSSR count). The van der Waals surface area contributed by atoms with Crippen molar-refractivity contribution >= 4 is 17.4 Å². The van der Waals surface area contributed by atoms with Crippen LogP contribution in [0.3, 0.4) is 0 Å². The molecule has 0 aliphatic rings. The van der Waals surface area contributed by atoms with Crippen LogP contribution in [0.15, 0.2) is 24.3 Å². The van der Waals surface area contributed by atoms with Gasteiger partial charge < -0.3 is 10.5 Å². The van der Waals surface area contributed by atoms with Crippen LogP contribution in [0.1, 0.15) is 12.7 Å². The lowest BCUT2D eigenvalue weighted by Gasteiger charge is -2.07. The van der Waals surface area contributed by atoms with E-state index in [1.807, 2.05) is 6.92 Å². The van der Waals surface area contributed by atoms with Crippen LogP contribution in [0.5, 0.6) is 11.6 Å². The number of aromatic nitrogens is 2. The molecule has 0 spiro atoms. The van der Waals surface area contributed by atoms with E-state index >= 15 is 0 Å². The Kier molecular flexibility index (Phi) is 3.62. The fourth-order valence-electron chi connectivity index (χ4n) is 1.36. The zero-order valence-corrected chi connectivity index (χ0v) is 10.4. The van der Waals surface area contributed by atoms with Gasteiger partial charge in [-0.15, -0.1) is 0 Å². The highest BCUT2D eigenvalue weighted by atomic mass is 35.5. The molecular formula is C12H11ClFN3O. The Morgan fingerprint density at radius 3 is 2.78 bits per heavy atom. The molecule has 0 amide bonds. The smallest absolute Gasteiger partial charge is 0.224 e. The van der Waals surface area contributed by atoms with Crippen molar-refractivity contribution in [2.75, 3.05) is 5.73 Å². The van der Waals surface area contributed by atoms with Crippen LogP contribution < -0.4 is 10.5 Å². The van der Waals surface area contributed by atoms with E-state index < -0.39 is 5.82 Å². The zero-order valence-electron chi connectivity index (χ0n) is 9.65. The maximum Gasteiger partial charge on any atom is 0.224 e. The van der Waals surface area contributed by atoms with Crippen LogP contribution in [-0.2, 0) is 6.42 Å². The number of hydrogen-bond donors (Lipinski definition) is 1. The number of hydrogen-bond acceptors (Lipinski definition) is 4. The maximum atomic E-state index is 13.2. The quantitative estimate of drug-likeness (QED) is 0.928. The van der Waals surface area contributed by atoms with Crippen molar-refractivity contribution in [3.63, 3.8) is 0 Å². The SMILES string of the molecule is CCc1nc(N)cc(Oc2ccc(Cl)c(F)c2)n1. The molecule has 0 aliphatic heterocycles. The molecule has 94 valence electrons. The number of benzene rings is 1. The third-order valence-electron chi connectivity index (χ3n) is 2.20. The number of nitrogens with zero attached hydrogens (tertiary/aromatic N) is 2. The van der Waals surface area contributed by atoms with E-state index in [-0.39, 0.29) is 10.9 Å². The van der Waals surface area contributed by atoms with Gasteiger partial charge in [0, 0.05) is 18.6 Å². The summed E-state index contributed by atoms with van der Waals surface area (Å²) in [6.07, 6.45) is 0.635. The second-order valence-electron chi connectivity index (χ2n) is 3.58. The fourth-order valence-corrected chi connectivity index (χ4v) is 1.48. The Bertz CT molecular complexity index is 577. The van der Waals surface area contributed by atoms with Gasteiger partial charge in [-0.05, 0) is 12.1 Å². The summed E-state index contributed by atoms with van der Waals surface area (Å²) >= 11 is 5.58. The van der Waals surface area contributed by atoms with Crippen molar-refractivity contribution < 1.29 is 9.13 Å². The third kappa shape index (κ3) is 2.87. The average Bonchev–Trinajstić information content (AvgIpc) is 2.33. The summed E-state index contributed by atoms with van der Waals surface area (Å²) in [6, 6.07) is 5.63. The topological polar surface area (TPSA) is 61.0 Å². The van der Waals surface area contributed by atoms with Gasteiger partial charge in [0.2, 0.25) is 5.88 Å². The number of nitrogen functional groups attached to an aromatic ring is 1. The molecule has 0 atom stereocenters. The summed E-state index contributed by atoms with van der Waals surface area (Å²) in [7, 11) is 0. The van der Waals surface area contributed by atoms with Gasteiger partial charge >= 0.3 is 0 Å². The summed E-state index contributed by atoms with van der Waals surface area (Å²) < 4.78 is 18.6. The second-order valence-corrected chi connectivity index (χ2v) is 3.99.